The van der Waals surface area contributed by atoms with Crippen molar-refractivity contribution in [3.63, 3.8) is 0 Å². The number of fused-ring (bicyclic) bond motifs is 1. The van der Waals surface area contributed by atoms with Crippen LogP contribution in [0.2, 0.25) is 0 Å². The number of hydrogen-bond acceptors (Lipinski definition) is 8. The summed E-state index contributed by atoms with van der Waals surface area (Å²) in [5, 5.41) is 4.83. The van der Waals surface area contributed by atoms with E-state index in [0.29, 0.717) is 56.4 Å². The molecule has 0 radical (unpaired) electrons. The van der Waals surface area contributed by atoms with Crippen molar-refractivity contribution < 1.29 is 28.2 Å². The number of aromatic nitrogens is 2. The van der Waals surface area contributed by atoms with E-state index in [0.717, 1.165) is 0 Å². The van der Waals surface area contributed by atoms with Gasteiger partial charge >= 0.3 is 0 Å². The molecule has 2 aromatic heterocycles. The average Bonchev–Trinajstić information content (AvgIpc) is 3.44. The summed E-state index contributed by atoms with van der Waals surface area (Å²) >= 11 is 0. The lowest BCUT2D eigenvalue weighted by Crippen LogP contribution is -2.05. The summed E-state index contributed by atoms with van der Waals surface area (Å²) in [4.78, 5) is 18.2. The quantitative estimate of drug-likeness (QED) is 0.223. The molecule has 2 heterocycles. The van der Waals surface area contributed by atoms with Gasteiger partial charge in [-0.2, -0.15) is 5.10 Å². The highest BCUT2D eigenvalue weighted by Crippen LogP contribution is 2.42. The van der Waals surface area contributed by atoms with Crippen molar-refractivity contribution in [1.82, 2.24) is 9.78 Å². The van der Waals surface area contributed by atoms with E-state index in [1.165, 1.54) is 34.8 Å². The molecular weight excluding hydrogens is 426 g/mol. The molecule has 9 nitrogen and oxygen atoms in total. The lowest BCUT2D eigenvalue weighted by molar-refractivity contribution is 0.103. The van der Waals surface area contributed by atoms with Crippen LogP contribution < -0.4 is 14.2 Å². The molecular formula is C24H23N3O6. The maximum atomic E-state index is 13.9. The van der Waals surface area contributed by atoms with Gasteiger partial charge in [-0.3, -0.25) is 9.48 Å². The van der Waals surface area contributed by atoms with E-state index in [4.69, 9.17) is 23.4 Å². The third kappa shape index (κ3) is 3.89. The van der Waals surface area contributed by atoms with Crippen LogP contribution >= 0.6 is 0 Å². The van der Waals surface area contributed by atoms with Gasteiger partial charge in [-0.1, -0.05) is 12.1 Å². The molecule has 0 unspecified atom stereocenters. The van der Waals surface area contributed by atoms with Crippen LogP contribution in [-0.4, -0.2) is 50.4 Å². The molecule has 0 amide bonds. The summed E-state index contributed by atoms with van der Waals surface area (Å²) in [5.74, 6) is 1.26. The lowest BCUT2D eigenvalue weighted by atomic mass is 9.97. The summed E-state index contributed by atoms with van der Waals surface area (Å²) in [6, 6.07) is 8.63. The first-order valence-electron chi connectivity index (χ1n) is 9.96. The number of benzene rings is 2. The molecule has 0 bridgehead atoms. The van der Waals surface area contributed by atoms with Crippen LogP contribution in [-0.2, 0) is 11.8 Å². The Morgan fingerprint density at radius 2 is 1.82 bits per heavy atom. The molecule has 0 saturated carbocycles. The van der Waals surface area contributed by atoms with E-state index in [1.54, 1.807) is 48.4 Å². The second-order valence-corrected chi connectivity index (χ2v) is 7.08. The number of methoxy groups -OCH3 is 4. The Hall–Kier alpha value is -4.27. The van der Waals surface area contributed by atoms with E-state index in [2.05, 4.69) is 10.1 Å². The van der Waals surface area contributed by atoms with Gasteiger partial charge in [-0.15, -0.1) is 0 Å². The Morgan fingerprint density at radius 3 is 2.39 bits per heavy atom. The standard InChI is InChI=1S/C24H23N3O6/c1-27-12-15(11-26-27)22-20(16-7-6-8-17(23(16)33-22)25-13-29-2)21(28)14-9-18(30-3)24(32-5)19(10-14)31-4/h6-13H,1-5H3. The third-order valence-corrected chi connectivity index (χ3v) is 5.11. The minimum atomic E-state index is -0.278. The summed E-state index contributed by atoms with van der Waals surface area (Å²) in [5.41, 5.74) is 2.37. The Bertz CT molecular complexity index is 1330. The van der Waals surface area contributed by atoms with Gasteiger partial charge in [0.25, 0.3) is 0 Å². The highest BCUT2D eigenvalue weighted by Gasteiger charge is 2.27. The number of furan rings is 1. The van der Waals surface area contributed by atoms with Crippen LogP contribution in [0.15, 0.2) is 52.1 Å². The molecule has 0 atom stereocenters. The summed E-state index contributed by atoms with van der Waals surface area (Å²) in [6.45, 7) is 0. The molecule has 170 valence electrons. The highest BCUT2D eigenvalue weighted by atomic mass is 16.5. The fourth-order valence-electron chi connectivity index (χ4n) is 3.64. The van der Waals surface area contributed by atoms with E-state index < -0.39 is 0 Å². The number of ketones is 1. The zero-order valence-electron chi connectivity index (χ0n) is 18.9. The van der Waals surface area contributed by atoms with Crippen molar-refractivity contribution in [3.05, 3.63) is 53.9 Å². The highest BCUT2D eigenvalue weighted by molar-refractivity contribution is 6.20. The molecule has 9 heteroatoms. The topological polar surface area (TPSA) is 97.3 Å². The number of carbonyl (C=O) groups is 1. The first-order chi connectivity index (χ1) is 16.0. The monoisotopic (exact) mass is 449 g/mol. The SMILES string of the molecule is COC=Nc1cccc2c(C(=O)c3cc(OC)c(OC)c(OC)c3)c(-c3cnn(C)c3)oc12. The first kappa shape index (κ1) is 21.9. The van der Waals surface area contributed by atoms with Crippen LogP contribution in [0.4, 0.5) is 5.69 Å². The minimum absolute atomic E-state index is 0.278. The fourth-order valence-corrected chi connectivity index (χ4v) is 3.64. The Labute approximate surface area is 190 Å². The predicted octanol–water partition coefficient (Wildman–Crippen LogP) is 4.40. The lowest BCUT2D eigenvalue weighted by Gasteiger charge is -2.13. The summed E-state index contributed by atoms with van der Waals surface area (Å²) in [7, 11) is 7.81. The molecule has 33 heavy (non-hydrogen) atoms. The Balaban J connectivity index is 1.98. The molecule has 0 N–H and O–H groups in total. The van der Waals surface area contributed by atoms with Crippen LogP contribution in [0.1, 0.15) is 15.9 Å². The van der Waals surface area contributed by atoms with Crippen LogP contribution in [0.5, 0.6) is 17.2 Å². The average molecular weight is 449 g/mol. The van der Waals surface area contributed by atoms with E-state index in [1.807, 2.05) is 6.07 Å². The number of ether oxygens (including phenoxy) is 4. The molecule has 0 fully saturated rings. The van der Waals surface area contributed by atoms with Crippen LogP contribution in [0.25, 0.3) is 22.3 Å². The Morgan fingerprint density at radius 1 is 1.09 bits per heavy atom. The van der Waals surface area contributed by atoms with E-state index >= 15 is 0 Å². The molecule has 0 saturated heterocycles. The normalized spacial score (nSPS) is 11.2. The van der Waals surface area contributed by atoms with Gasteiger partial charge in [0.2, 0.25) is 5.75 Å². The van der Waals surface area contributed by atoms with Gasteiger partial charge < -0.3 is 23.4 Å². The van der Waals surface area contributed by atoms with Gasteiger partial charge in [0, 0.05) is 24.2 Å². The molecule has 0 spiro atoms. The van der Waals surface area contributed by atoms with Crippen molar-refractivity contribution in [2.24, 2.45) is 12.0 Å². The molecule has 0 aliphatic carbocycles. The number of nitrogens with zero attached hydrogens (tertiary/aromatic N) is 3. The second kappa shape index (κ2) is 9.07. The number of rotatable bonds is 8. The summed E-state index contributed by atoms with van der Waals surface area (Å²) in [6.07, 6.45) is 4.73. The maximum absolute atomic E-state index is 13.9. The van der Waals surface area contributed by atoms with E-state index in [-0.39, 0.29) is 5.78 Å². The number of carbonyl (C=O) groups excluding carboxylic acids is 1. The van der Waals surface area contributed by atoms with Gasteiger partial charge in [0.1, 0.15) is 11.4 Å². The third-order valence-electron chi connectivity index (χ3n) is 5.11. The number of aryl methyl sites for hydroxylation is 1. The number of para-hydroxylation sites is 1. The van der Waals surface area contributed by atoms with Crippen molar-refractivity contribution in [2.45, 2.75) is 0 Å². The smallest absolute Gasteiger partial charge is 0.203 e. The van der Waals surface area contributed by atoms with Crippen molar-refractivity contribution in [1.29, 1.82) is 0 Å². The molecule has 0 aliphatic heterocycles. The Kier molecular flexibility index (Phi) is 6.03. The predicted molar refractivity (Wildman–Crippen MR) is 123 cm³/mol. The van der Waals surface area contributed by atoms with Gasteiger partial charge in [0.05, 0.1) is 45.8 Å². The summed E-state index contributed by atoms with van der Waals surface area (Å²) < 4.78 is 29.0. The molecule has 4 rings (SSSR count). The van der Waals surface area contributed by atoms with E-state index in [9.17, 15) is 4.79 Å². The van der Waals surface area contributed by atoms with Gasteiger partial charge in [-0.25, -0.2) is 4.99 Å². The van der Waals surface area contributed by atoms with Gasteiger partial charge in [0.15, 0.2) is 29.3 Å². The van der Waals surface area contributed by atoms with Crippen LogP contribution in [0.3, 0.4) is 0 Å². The van der Waals surface area contributed by atoms with Crippen molar-refractivity contribution >= 4 is 28.8 Å². The maximum Gasteiger partial charge on any atom is 0.203 e. The number of aliphatic imine (C=N–C) groups is 1. The second-order valence-electron chi connectivity index (χ2n) is 7.08. The minimum Gasteiger partial charge on any atom is -0.493 e. The fraction of sp³-hybridized carbons (Fsp3) is 0.208. The van der Waals surface area contributed by atoms with Crippen molar-refractivity contribution in [2.75, 3.05) is 28.4 Å². The van der Waals surface area contributed by atoms with Crippen molar-refractivity contribution in [3.8, 4) is 28.6 Å². The molecule has 2 aromatic carbocycles. The molecule has 0 aliphatic rings. The van der Waals surface area contributed by atoms with Gasteiger partial charge in [-0.05, 0) is 18.2 Å². The zero-order valence-corrected chi connectivity index (χ0v) is 18.9. The number of hydrogen-bond donors (Lipinski definition) is 0. The largest absolute Gasteiger partial charge is 0.493 e. The van der Waals surface area contributed by atoms with Crippen LogP contribution in [0, 0.1) is 0 Å². The molecule has 4 aromatic rings. The first-order valence-corrected chi connectivity index (χ1v) is 9.96. The zero-order chi connectivity index (χ0) is 23.5.